The van der Waals surface area contributed by atoms with Gasteiger partial charge in [0.15, 0.2) is 0 Å². The van der Waals surface area contributed by atoms with Crippen LogP contribution in [-0.2, 0) is 6.54 Å². The van der Waals surface area contributed by atoms with Crippen molar-refractivity contribution in [3.8, 4) is 5.75 Å². The van der Waals surface area contributed by atoms with Crippen molar-refractivity contribution in [1.82, 2.24) is 4.90 Å². The Morgan fingerprint density at radius 3 is 2.63 bits per heavy atom. The van der Waals surface area contributed by atoms with Crippen LogP contribution in [0.5, 0.6) is 5.75 Å². The maximum atomic E-state index is 12.2. The van der Waals surface area contributed by atoms with E-state index in [0.717, 1.165) is 34.4 Å². The predicted molar refractivity (Wildman–Crippen MR) is 109 cm³/mol. The van der Waals surface area contributed by atoms with Gasteiger partial charge >= 0.3 is 5.63 Å². The minimum absolute atomic E-state index is 0.193. The summed E-state index contributed by atoms with van der Waals surface area (Å²) in [5.74, 6) is 0.854. The molecular formula is C23H27NO3. The third-order valence-corrected chi connectivity index (χ3v) is 5.42. The lowest BCUT2D eigenvalue weighted by atomic mass is 10.0. The average molecular weight is 365 g/mol. The van der Waals surface area contributed by atoms with Crippen LogP contribution in [0.4, 0.5) is 0 Å². The second-order valence-electron chi connectivity index (χ2n) is 6.99. The molecule has 0 bridgehead atoms. The molecule has 0 aliphatic heterocycles. The molecule has 1 aromatic heterocycles. The quantitative estimate of drug-likeness (QED) is 0.577. The number of nitrogens with zero attached hydrogens (tertiary/aromatic N) is 1. The van der Waals surface area contributed by atoms with Gasteiger partial charge in [-0.05, 0) is 61.7 Å². The van der Waals surface area contributed by atoms with Gasteiger partial charge in [-0.2, -0.15) is 0 Å². The van der Waals surface area contributed by atoms with Gasteiger partial charge in [-0.25, -0.2) is 4.79 Å². The molecule has 0 saturated carbocycles. The molecule has 0 aliphatic carbocycles. The summed E-state index contributed by atoms with van der Waals surface area (Å²) in [6.07, 6.45) is 0. The van der Waals surface area contributed by atoms with Crippen molar-refractivity contribution in [2.24, 2.45) is 0 Å². The van der Waals surface area contributed by atoms with Crippen molar-refractivity contribution in [2.75, 3.05) is 13.7 Å². The first-order valence-electron chi connectivity index (χ1n) is 9.35. The Labute approximate surface area is 160 Å². The predicted octanol–water partition coefficient (Wildman–Crippen LogP) is 5.00. The molecule has 4 heteroatoms. The minimum atomic E-state index is -0.295. The van der Waals surface area contributed by atoms with Crippen LogP contribution in [0.2, 0.25) is 0 Å². The molecule has 0 spiro atoms. The highest BCUT2D eigenvalue weighted by Crippen LogP contribution is 2.28. The smallest absolute Gasteiger partial charge is 0.336 e. The second kappa shape index (κ2) is 7.97. The highest BCUT2D eigenvalue weighted by molar-refractivity contribution is 5.83. The van der Waals surface area contributed by atoms with Crippen LogP contribution in [0.25, 0.3) is 11.0 Å². The summed E-state index contributed by atoms with van der Waals surface area (Å²) in [5.41, 5.74) is 4.74. The number of hydrogen-bond donors (Lipinski definition) is 0. The summed E-state index contributed by atoms with van der Waals surface area (Å²) in [6.45, 7) is 9.90. The van der Waals surface area contributed by atoms with E-state index in [0.29, 0.717) is 12.1 Å². The normalized spacial score (nSPS) is 12.5. The van der Waals surface area contributed by atoms with E-state index in [1.807, 2.05) is 26.0 Å². The maximum Gasteiger partial charge on any atom is 0.336 e. The van der Waals surface area contributed by atoms with Crippen molar-refractivity contribution in [2.45, 2.75) is 40.3 Å². The topological polar surface area (TPSA) is 42.7 Å². The Morgan fingerprint density at radius 2 is 1.93 bits per heavy atom. The van der Waals surface area contributed by atoms with Crippen molar-refractivity contribution >= 4 is 11.0 Å². The second-order valence-corrected chi connectivity index (χ2v) is 6.99. The van der Waals surface area contributed by atoms with E-state index in [4.69, 9.17) is 9.15 Å². The van der Waals surface area contributed by atoms with E-state index < -0.39 is 0 Å². The third kappa shape index (κ3) is 3.91. The summed E-state index contributed by atoms with van der Waals surface area (Å²) in [4.78, 5) is 14.5. The highest BCUT2D eigenvalue weighted by atomic mass is 16.5. The van der Waals surface area contributed by atoms with Crippen LogP contribution in [0.15, 0.2) is 51.7 Å². The molecule has 0 radical (unpaired) electrons. The molecule has 4 nitrogen and oxygen atoms in total. The Morgan fingerprint density at radius 1 is 1.15 bits per heavy atom. The lowest BCUT2D eigenvalue weighted by Gasteiger charge is -2.29. The molecule has 0 amide bonds. The Kier molecular flexibility index (Phi) is 5.66. The van der Waals surface area contributed by atoms with Crippen LogP contribution in [-0.4, -0.2) is 18.6 Å². The molecule has 142 valence electrons. The fraction of sp³-hybridized carbons (Fsp3) is 0.348. The summed E-state index contributed by atoms with van der Waals surface area (Å²) in [7, 11) is 1.68. The number of rotatable bonds is 6. The van der Waals surface area contributed by atoms with Gasteiger partial charge in [0.2, 0.25) is 0 Å². The number of methoxy groups -OCH3 is 1. The summed E-state index contributed by atoms with van der Waals surface area (Å²) in [6, 6.07) is 14.1. The summed E-state index contributed by atoms with van der Waals surface area (Å²) in [5, 5.41) is 1.01. The van der Waals surface area contributed by atoms with E-state index in [9.17, 15) is 4.79 Å². The molecule has 27 heavy (non-hydrogen) atoms. The van der Waals surface area contributed by atoms with Gasteiger partial charge in [-0.3, -0.25) is 4.90 Å². The van der Waals surface area contributed by atoms with Crippen molar-refractivity contribution in [1.29, 1.82) is 0 Å². The van der Waals surface area contributed by atoms with Crippen LogP contribution >= 0.6 is 0 Å². The van der Waals surface area contributed by atoms with Crippen molar-refractivity contribution < 1.29 is 9.15 Å². The van der Waals surface area contributed by atoms with E-state index in [1.165, 1.54) is 5.56 Å². The van der Waals surface area contributed by atoms with Crippen molar-refractivity contribution in [3.63, 3.8) is 0 Å². The maximum absolute atomic E-state index is 12.2. The minimum Gasteiger partial charge on any atom is -0.497 e. The number of fused-ring (bicyclic) bond motifs is 1. The Bertz CT molecular complexity index is 1010. The number of aryl methyl sites for hydroxylation is 2. The Balaban J connectivity index is 1.99. The first-order valence-corrected chi connectivity index (χ1v) is 9.35. The van der Waals surface area contributed by atoms with Gasteiger partial charge in [0.1, 0.15) is 11.3 Å². The molecule has 1 unspecified atom stereocenters. The lowest BCUT2D eigenvalue weighted by Crippen LogP contribution is -2.27. The van der Waals surface area contributed by atoms with E-state index in [2.05, 4.69) is 43.0 Å². The van der Waals surface area contributed by atoms with Crippen molar-refractivity contribution in [3.05, 3.63) is 75.1 Å². The molecule has 0 fully saturated rings. The van der Waals surface area contributed by atoms with Gasteiger partial charge in [0, 0.05) is 24.0 Å². The standard InChI is InChI=1S/C23H27NO3/c1-6-24(17(4)18-8-7-9-20(12-18)26-5)14-19-13-22(25)27-23-16(3)15(2)10-11-21(19)23/h7-13,17H,6,14H2,1-5H3. The van der Waals surface area contributed by atoms with Crippen LogP contribution in [0, 0.1) is 13.8 Å². The molecular weight excluding hydrogens is 338 g/mol. The molecule has 2 aromatic carbocycles. The largest absolute Gasteiger partial charge is 0.497 e. The molecule has 0 saturated heterocycles. The zero-order valence-electron chi connectivity index (χ0n) is 16.7. The third-order valence-electron chi connectivity index (χ3n) is 5.42. The zero-order valence-corrected chi connectivity index (χ0v) is 16.7. The van der Waals surface area contributed by atoms with Gasteiger partial charge in [0.25, 0.3) is 0 Å². The molecule has 1 heterocycles. The fourth-order valence-corrected chi connectivity index (χ4v) is 3.51. The molecule has 3 rings (SSSR count). The van der Waals surface area contributed by atoms with E-state index >= 15 is 0 Å². The summed E-state index contributed by atoms with van der Waals surface area (Å²) >= 11 is 0. The first kappa shape index (κ1) is 19.2. The molecule has 3 aromatic rings. The highest BCUT2D eigenvalue weighted by Gasteiger charge is 2.18. The van der Waals surface area contributed by atoms with Crippen LogP contribution in [0.3, 0.4) is 0 Å². The molecule has 1 atom stereocenters. The number of benzene rings is 2. The van der Waals surface area contributed by atoms with Gasteiger partial charge < -0.3 is 9.15 Å². The van der Waals surface area contributed by atoms with Gasteiger partial charge in [-0.15, -0.1) is 0 Å². The number of hydrogen-bond acceptors (Lipinski definition) is 4. The van der Waals surface area contributed by atoms with Gasteiger partial charge in [-0.1, -0.05) is 31.2 Å². The molecule has 0 N–H and O–H groups in total. The first-order chi connectivity index (χ1) is 12.9. The van der Waals surface area contributed by atoms with E-state index in [-0.39, 0.29) is 11.7 Å². The number of ether oxygens (including phenoxy) is 1. The zero-order chi connectivity index (χ0) is 19.6. The molecule has 0 aliphatic rings. The van der Waals surface area contributed by atoms with Crippen LogP contribution in [0.1, 0.15) is 42.1 Å². The Hall–Kier alpha value is -2.59. The lowest BCUT2D eigenvalue weighted by molar-refractivity contribution is 0.213. The fourth-order valence-electron chi connectivity index (χ4n) is 3.51. The SMILES string of the molecule is CCN(Cc1cc(=O)oc2c(C)c(C)ccc12)C(C)c1cccc(OC)c1. The van der Waals surface area contributed by atoms with Crippen LogP contribution < -0.4 is 10.4 Å². The van der Waals surface area contributed by atoms with Gasteiger partial charge in [0.05, 0.1) is 7.11 Å². The van der Waals surface area contributed by atoms with E-state index in [1.54, 1.807) is 13.2 Å². The summed E-state index contributed by atoms with van der Waals surface area (Å²) < 4.78 is 10.9. The average Bonchev–Trinajstić information content (AvgIpc) is 2.68. The monoisotopic (exact) mass is 365 g/mol.